The number of aliphatic hydroxyl groups is 1. The fraction of sp³-hybridized carbons (Fsp3) is 0.400. The van der Waals surface area contributed by atoms with E-state index in [-0.39, 0.29) is 12.8 Å². The zero-order valence-corrected chi connectivity index (χ0v) is 15.0. The Morgan fingerprint density at radius 3 is 2.65 bits per heavy atom. The van der Waals surface area contributed by atoms with Gasteiger partial charge in [0.15, 0.2) is 23.0 Å². The van der Waals surface area contributed by atoms with Crippen molar-refractivity contribution in [1.29, 1.82) is 0 Å². The van der Waals surface area contributed by atoms with Crippen LogP contribution in [-0.2, 0) is 6.42 Å². The molecule has 2 aromatic carbocycles. The van der Waals surface area contributed by atoms with Crippen LogP contribution in [0.4, 0.5) is 0 Å². The molecule has 1 aliphatic carbocycles. The Morgan fingerprint density at radius 1 is 1.12 bits per heavy atom. The first kappa shape index (κ1) is 15.8. The topological polar surface area (TPSA) is 60.4 Å². The molecule has 0 aromatic heterocycles. The van der Waals surface area contributed by atoms with E-state index in [9.17, 15) is 5.11 Å². The molecule has 0 spiro atoms. The minimum atomic E-state index is -0.651. The van der Waals surface area contributed by atoms with Crippen molar-refractivity contribution in [3.05, 3.63) is 34.9 Å². The second-order valence-corrected chi connectivity index (χ2v) is 6.97. The van der Waals surface area contributed by atoms with Gasteiger partial charge in [0.1, 0.15) is 0 Å². The van der Waals surface area contributed by atoms with Crippen molar-refractivity contribution in [2.75, 3.05) is 34.6 Å². The Morgan fingerprint density at radius 2 is 1.88 bits per heavy atom. The van der Waals surface area contributed by atoms with Crippen LogP contribution in [0.3, 0.4) is 0 Å². The summed E-state index contributed by atoms with van der Waals surface area (Å²) in [6, 6.07) is 5.76. The fourth-order valence-electron chi connectivity index (χ4n) is 4.50. The van der Waals surface area contributed by atoms with Crippen molar-refractivity contribution < 1.29 is 24.1 Å². The van der Waals surface area contributed by atoms with Crippen LogP contribution in [0, 0.1) is 0 Å². The predicted molar refractivity (Wildman–Crippen MR) is 95.1 cm³/mol. The van der Waals surface area contributed by atoms with Crippen LogP contribution >= 0.6 is 0 Å². The van der Waals surface area contributed by atoms with E-state index >= 15 is 0 Å². The molecule has 0 saturated carbocycles. The maximum atomic E-state index is 11.2. The lowest BCUT2D eigenvalue weighted by atomic mass is 9.75. The lowest BCUT2D eigenvalue weighted by molar-refractivity contribution is 0.0541. The molecule has 0 bridgehead atoms. The van der Waals surface area contributed by atoms with Crippen molar-refractivity contribution in [2.45, 2.75) is 18.6 Å². The largest absolute Gasteiger partial charge is 0.493 e. The van der Waals surface area contributed by atoms with E-state index in [0.717, 1.165) is 46.7 Å². The zero-order valence-electron chi connectivity index (χ0n) is 15.0. The molecule has 0 amide bonds. The molecule has 2 aliphatic heterocycles. The number of hydrogen-bond acceptors (Lipinski definition) is 6. The molecule has 2 heterocycles. The van der Waals surface area contributed by atoms with Crippen molar-refractivity contribution in [2.24, 2.45) is 0 Å². The van der Waals surface area contributed by atoms with Crippen molar-refractivity contribution in [1.82, 2.24) is 4.90 Å². The third-order valence-corrected chi connectivity index (χ3v) is 5.74. The first-order valence-corrected chi connectivity index (χ1v) is 8.74. The molecule has 3 aliphatic rings. The second-order valence-electron chi connectivity index (χ2n) is 6.97. The summed E-state index contributed by atoms with van der Waals surface area (Å²) in [5.41, 5.74) is 5.10. The summed E-state index contributed by atoms with van der Waals surface area (Å²) in [5, 5.41) is 11.2. The molecule has 6 nitrogen and oxygen atoms in total. The minimum absolute atomic E-state index is 0.117. The molecule has 6 heteroatoms. The number of nitrogens with zero attached hydrogens (tertiary/aromatic N) is 1. The van der Waals surface area contributed by atoms with Crippen molar-refractivity contribution in [3.63, 3.8) is 0 Å². The van der Waals surface area contributed by atoms with Gasteiger partial charge in [0, 0.05) is 12.1 Å². The van der Waals surface area contributed by atoms with Gasteiger partial charge in [0.05, 0.1) is 26.4 Å². The van der Waals surface area contributed by atoms with Crippen LogP contribution in [0.1, 0.15) is 28.8 Å². The first-order valence-electron chi connectivity index (χ1n) is 8.74. The van der Waals surface area contributed by atoms with E-state index in [1.807, 2.05) is 12.1 Å². The molecule has 0 saturated heterocycles. The highest BCUT2D eigenvalue weighted by atomic mass is 16.7. The summed E-state index contributed by atoms with van der Waals surface area (Å²) in [6.07, 6.45) is 0.267. The molecule has 2 atom stereocenters. The number of fused-ring (bicyclic) bond motifs is 4. The van der Waals surface area contributed by atoms with Crippen LogP contribution < -0.4 is 18.9 Å². The van der Waals surface area contributed by atoms with Gasteiger partial charge >= 0.3 is 0 Å². The van der Waals surface area contributed by atoms with Gasteiger partial charge in [-0.05, 0) is 53.9 Å². The molecule has 1 N–H and O–H groups in total. The second kappa shape index (κ2) is 5.53. The van der Waals surface area contributed by atoms with E-state index in [4.69, 9.17) is 18.9 Å². The van der Waals surface area contributed by atoms with Crippen LogP contribution in [-0.4, -0.2) is 44.6 Å². The quantitative estimate of drug-likeness (QED) is 0.894. The predicted octanol–water partition coefficient (Wildman–Crippen LogP) is 2.68. The molecule has 0 radical (unpaired) electrons. The lowest BCUT2D eigenvalue weighted by Crippen LogP contribution is -2.38. The summed E-state index contributed by atoms with van der Waals surface area (Å²) in [6.45, 7) is 1.10. The summed E-state index contributed by atoms with van der Waals surface area (Å²) in [7, 11) is 5.27. The number of rotatable bonds is 2. The first-order chi connectivity index (χ1) is 12.6. The van der Waals surface area contributed by atoms with Gasteiger partial charge in [-0.2, -0.15) is 0 Å². The maximum absolute atomic E-state index is 11.2. The van der Waals surface area contributed by atoms with Gasteiger partial charge in [-0.3, -0.25) is 4.90 Å². The highest BCUT2D eigenvalue weighted by Crippen LogP contribution is 2.57. The summed E-state index contributed by atoms with van der Waals surface area (Å²) in [5.74, 6) is 2.77. The van der Waals surface area contributed by atoms with E-state index in [2.05, 4.69) is 18.0 Å². The third kappa shape index (κ3) is 1.94. The van der Waals surface area contributed by atoms with Crippen LogP contribution in [0.2, 0.25) is 0 Å². The average molecular weight is 355 g/mol. The zero-order chi connectivity index (χ0) is 18.0. The van der Waals surface area contributed by atoms with Crippen molar-refractivity contribution in [3.8, 4) is 34.1 Å². The Kier molecular flexibility index (Phi) is 3.36. The van der Waals surface area contributed by atoms with Gasteiger partial charge in [0.25, 0.3) is 0 Å². The number of aliphatic hydroxyl groups excluding tert-OH is 1. The average Bonchev–Trinajstić information content (AvgIpc) is 3.12. The van der Waals surface area contributed by atoms with Crippen molar-refractivity contribution >= 4 is 0 Å². The summed E-state index contributed by atoms with van der Waals surface area (Å²) >= 11 is 0. The summed E-state index contributed by atoms with van der Waals surface area (Å²) in [4.78, 5) is 2.21. The molecule has 26 heavy (non-hydrogen) atoms. The van der Waals surface area contributed by atoms with Crippen LogP contribution in [0.15, 0.2) is 18.2 Å². The molecule has 0 unspecified atom stereocenters. The standard InChI is InChI=1S/C20H21NO5/c1-21-5-4-10-6-15-20(26-9-25-15)17-11-7-13(23-2)14(24-3)8-12(11)19(22)18(21)16(10)17/h6-8,18-19,22H,4-5,9H2,1-3H3/t18-,19-/m0/s1. The minimum Gasteiger partial charge on any atom is -0.493 e. The van der Waals surface area contributed by atoms with Gasteiger partial charge in [-0.25, -0.2) is 0 Å². The molecule has 2 aromatic rings. The molecular weight excluding hydrogens is 334 g/mol. The molecular formula is C20H21NO5. The lowest BCUT2D eigenvalue weighted by Gasteiger charge is -2.42. The monoisotopic (exact) mass is 355 g/mol. The highest BCUT2D eigenvalue weighted by Gasteiger charge is 2.42. The molecule has 5 rings (SSSR count). The fourth-order valence-corrected chi connectivity index (χ4v) is 4.50. The highest BCUT2D eigenvalue weighted by molar-refractivity contribution is 5.85. The smallest absolute Gasteiger partial charge is 0.231 e. The normalized spacial score (nSPS) is 22.6. The maximum Gasteiger partial charge on any atom is 0.231 e. The van der Waals surface area contributed by atoms with Gasteiger partial charge in [-0.1, -0.05) is 0 Å². The van der Waals surface area contributed by atoms with E-state index in [1.54, 1.807) is 14.2 Å². The van der Waals surface area contributed by atoms with Gasteiger partial charge in [-0.15, -0.1) is 0 Å². The molecule has 136 valence electrons. The van der Waals surface area contributed by atoms with E-state index in [0.29, 0.717) is 11.5 Å². The number of ether oxygens (including phenoxy) is 4. The third-order valence-electron chi connectivity index (χ3n) is 5.74. The van der Waals surface area contributed by atoms with Crippen LogP contribution in [0.5, 0.6) is 23.0 Å². The SMILES string of the molecule is COc1cc2c(cc1OC)[C@H](O)[C@@H]1c3c(cc4c(c3-2)OCO4)CCN1C. The summed E-state index contributed by atoms with van der Waals surface area (Å²) < 4.78 is 22.5. The number of hydrogen-bond donors (Lipinski definition) is 1. The number of likely N-dealkylation sites (N-methyl/N-ethyl adjacent to an activating group) is 1. The molecule has 0 fully saturated rings. The Bertz CT molecular complexity index is 910. The van der Waals surface area contributed by atoms with Gasteiger partial charge < -0.3 is 24.1 Å². The van der Waals surface area contributed by atoms with E-state index < -0.39 is 6.10 Å². The number of methoxy groups -OCH3 is 2. The van der Waals surface area contributed by atoms with Gasteiger partial charge in [0.2, 0.25) is 6.79 Å². The van der Waals surface area contributed by atoms with Crippen LogP contribution in [0.25, 0.3) is 11.1 Å². The van der Waals surface area contributed by atoms with E-state index in [1.165, 1.54) is 5.56 Å². The Balaban J connectivity index is 1.87. The Hall–Kier alpha value is -2.44. The Labute approximate surface area is 151 Å². The number of benzene rings is 2.